The number of nitrogens with zero attached hydrogens (tertiary/aromatic N) is 2. The van der Waals surface area contributed by atoms with Crippen molar-refractivity contribution in [1.82, 2.24) is 15.5 Å². The highest BCUT2D eigenvalue weighted by Gasteiger charge is 2.31. The van der Waals surface area contributed by atoms with Crippen LogP contribution >= 0.6 is 0 Å². The Labute approximate surface area is 122 Å². The number of methoxy groups -OCH3 is 1. The fourth-order valence-corrected chi connectivity index (χ4v) is 2.15. The number of hydrogen-bond donors (Lipinski definition) is 1. The lowest BCUT2D eigenvalue weighted by atomic mass is 9.88. The molecular formula is C15H29N3O2. The molecule has 0 saturated heterocycles. The summed E-state index contributed by atoms with van der Waals surface area (Å²) in [6.07, 6.45) is 0.952. The summed E-state index contributed by atoms with van der Waals surface area (Å²) in [5.74, 6) is 1.48. The molecule has 0 saturated carbocycles. The average molecular weight is 283 g/mol. The molecule has 0 aliphatic heterocycles. The van der Waals surface area contributed by atoms with Crippen molar-refractivity contribution < 1.29 is 9.26 Å². The van der Waals surface area contributed by atoms with Crippen LogP contribution in [-0.4, -0.2) is 29.8 Å². The van der Waals surface area contributed by atoms with E-state index in [0.717, 1.165) is 13.0 Å². The van der Waals surface area contributed by atoms with Gasteiger partial charge in [-0.05, 0) is 25.3 Å². The summed E-state index contributed by atoms with van der Waals surface area (Å²) in [6.45, 7) is 13.7. The lowest BCUT2D eigenvalue weighted by Gasteiger charge is -2.26. The first kappa shape index (κ1) is 17.1. The minimum atomic E-state index is -0.161. The Balaban J connectivity index is 2.80. The van der Waals surface area contributed by atoms with E-state index in [1.807, 2.05) is 0 Å². The molecule has 0 fully saturated rings. The van der Waals surface area contributed by atoms with Crippen molar-refractivity contribution in [1.29, 1.82) is 0 Å². The molecule has 3 atom stereocenters. The fraction of sp³-hybridized carbons (Fsp3) is 0.867. The summed E-state index contributed by atoms with van der Waals surface area (Å²) >= 11 is 0. The lowest BCUT2D eigenvalue weighted by Crippen LogP contribution is -2.31. The molecule has 116 valence electrons. The monoisotopic (exact) mass is 283 g/mol. The molecule has 1 heterocycles. The zero-order valence-corrected chi connectivity index (χ0v) is 13.9. The zero-order valence-electron chi connectivity index (χ0n) is 13.9. The van der Waals surface area contributed by atoms with Gasteiger partial charge in [0, 0.05) is 13.2 Å². The topological polar surface area (TPSA) is 60.2 Å². The molecule has 20 heavy (non-hydrogen) atoms. The first-order chi connectivity index (χ1) is 9.31. The van der Waals surface area contributed by atoms with Gasteiger partial charge in [0.25, 0.3) is 0 Å². The summed E-state index contributed by atoms with van der Waals surface area (Å²) in [5.41, 5.74) is -0.0643. The maximum atomic E-state index is 5.52. The van der Waals surface area contributed by atoms with Crippen LogP contribution in [0.25, 0.3) is 0 Å². The third-order valence-corrected chi connectivity index (χ3v) is 3.57. The number of nitrogens with one attached hydrogen (secondary N) is 1. The van der Waals surface area contributed by atoms with E-state index >= 15 is 0 Å². The van der Waals surface area contributed by atoms with E-state index < -0.39 is 0 Å². The second kappa shape index (κ2) is 7.18. The van der Waals surface area contributed by atoms with Gasteiger partial charge in [0.1, 0.15) is 6.10 Å². The quantitative estimate of drug-likeness (QED) is 0.832. The summed E-state index contributed by atoms with van der Waals surface area (Å²) in [5, 5.41) is 7.55. The van der Waals surface area contributed by atoms with Crippen LogP contribution in [0.1, 0.15) is 71.7 Å². The first-order valence-electron chi connectivity index (χ1n) is 7.40. The molecule has 0 radical (unpaired) electrons. The maximum absolute atomic E-state index is 5.52. The number of aromatic nitrogens is 2. The highest BCUT2D eigenvalue weighted by atomic mass is 16.5. The van der Waals surface area contributed by atoms with Gasteiger partial charge in [-0.15, -0.1) is 0 Å². The van der Waals surface area contributed by atoms with Crippen molar-refractivity contribution in [2.75, 3.05) is 13.7 Å². The predicted octanol–water partition coefficient (Wildman–Crippen LogP) is 3.29. The molecule has 0 aliphatic rings. The Hall–Kier alpha value is -0.940. The molecule has 3 unspecified atom stereocenters. The zero-order chi connectivity index (χ0) is 15.3. The Morgan fingerprint density at radius 2 is 1.95 bits per heavy atom. The second-order valence-corrected chi connectivity index (χ2v) is 6.50. The van der Waals surface area contributed by atoms with Gasteiger partial charge in [-0.2, -0.15) is 4.98 Å². The highest BCUT2D eigenvalue weighted by molar-refractivity contribution is 5.01. The van der Waals surface area contributed by atoms with E-state index in [1.54, 1.807) is 7.11 Å². The van der Waals surface area contributed by atoms with Crippen LogP contribution in [-0.2, 0) is 4.74 Å². The summed E-state index contributed by atoms with van der Waals surface area (Å²) < 4.78 is 10.9. The van der Waals surface area contributed by atoms with Crippen LogP contribution in [0.15, 0.2) is 4.52 Å². The first-order valence-corrected chi connectivity index (χ1v) is 7.40. The minimum Gasteiger partial charge on any atom is -0.373 e. The largest absolute Gasteiger partial charge is 0.373 e. The van der Waals surface area contributed by atoms with Gasteiger partial charge < -0.3 is 14.6 Å². The number of rotatable bonds is 7. The molecule has 5 heteroatoms. The van der Waals surface area contributed by atoms with Gasteiger partial charge in [0.05, 0.1) is 5.92 Å². The fourth-order valence-electron chi connectivity index (χ4n) is 2.15. The minimum absolute atomic E-state index is 0.0643. The van der Waals surface area contributed by atoms with Crippen LogP contribution in [0.3, 0.4) is 0 Å². The van der Waals surface area contributed by atoms with Crippen molar-refractivity contribution in [2.45, 2.75) is 66.0 Å². The predicted molar refractivity (Wildman–Crippen MR) is 79.7 cm³/mol. The van der Waals surface area contributed by atoms with Crippen LogP contribution < -0.4 is 5.32 Å². The molecule has 1 N–H and O–H groups in total. The normalized spacial score (nSPS) is 16.9. The molecule has 0 aromatic carbocycles. The van der Waals surface area contributed by atoms with Crippen LogP contribution in [0.2, 0.25) is 0 Å². The summed E-state index contributed by atoms with van der Waals surface area (Å²) in [7, 11) is 1.68. The van der Waals surface area contributed by atoms with Gasteiger partial charge >= 0.3 is 0 Å². The maximum Gasteiger partial charge on any atom is 0.231 e. The van der Waals surface area contributed by atoms with E-state index in [2.05, 4.69) is 57.0 Å². The molecule has 5 nitrogen and oxygen atoms in total. The van der Waals surface area contributed by atoms with Gasteiger partial charge in [-0.25, -0.2) is 0 Å². The van der Waals surface area contributed by atoms with E-state index in [0.29, 0.717) is 17.8 Å². The second-order valence-electron chi connectivity index (χ2n) is 6.50. The standard InChI is InChI=1S/C15H29N3O2/c1-8-9-16-11(3)10(2)14-17-13(18-20-14)12(19-7)15(4,5)6/h10-12,16H,8-9H2,1-7H3. The van der Waals surface area contributed by atoms with Gasteiger partial charge in [0.2, 0.25) is 11.7 Å². The Bertz CT molecular complexity index is 398. The summed E-state index contributed by atoms with van der Waals surface area (Å²) in [4.78, 5) is 4.53. The molecule has 1 rings (SSSR count). The Morgan fingerprint density at radius 3 is 2.45 bits per heavy atom. The van der Waals surface area contributed by atoms with Crippen LogP contribution in [0.4, 0.5) is 0 Å². The van der Waals surface area contributed by atoms with Crippen molar-refractivity contribution in [3.8, 4) is 0 Å². The molecular weight excluding hydrogens is 254 g/mol. The Kier molecular flexibility index (Phi) is 6.14. The highest BCUT2D eigenvalue weighted by Crippen LogP contribution is 2.34. The molecule has 0 amide bonds. The van der Waals surface area contributed by atoms with E-state index in [9.17, 15) is 0 Å². The number of hydrogen-bond acceptors (Lipinski definition) is 5. The average Bonchev–Trinajstić information content (AvgIpc) is 2.83. The molecule has 0 bridgehead atoms. The molecule has 1 aromatic heterocycles. The van der Waals surface area contributed by atoms with E-state index in [1.165, 1.54) is 0 Å². The van der Waals surface area contributed by atoms with Crippen LogP contribution in [0, 0.1) is 5.41 Å². The van der Waals surface area contributed by atoms with Crippen LogP contribution in [0.5, 0.6) is 0 Å². The van der Waals surface area contributed by atoms with Crippen molar-refractivity contribution in [2.24, 2.45) is 5.41 Å². The Morgan fingerprint density at radius 1 is 1.30 bits per heavy atom. The van der Waals surface area contributed by atoms with Crippen molar-refractivity contribution in [3.05, 3.63) is 11.7 Å². The smallest absolute Gasteiger partial charge is 0.231 e. The van der Waals surface area contributed by atoms with Crippen molar-refractivity contribution in [3.63, 3.8) is 0 Å². The van der Waals surface area contributed by atoms with E-state index in [-0.39, 0.29) is 17.4 Å². The van der Waals surface area contributed by atoms with Gasteiger partial charge in [0.15, 0.2) is 0 Å². The lowest BCUT2D eigenvalue weighted by molar-refractivity contribution is 0.00718. The molecule has 1 aromatic rings. The SMILES string of the molecule is CCCNC(C)C(C)c1nc(C(OC)C(C)(C)C)no1. The third kappa shape index (κ3) is 4.28. The number of ether oxygens (including phenoxy) is 1. The van der Waals surface area contributed by atoms with Crippen molar-refractivity contribution >= 4 is 0 Å². The third-order valence-electron chi connectivity index (χ3n) is 3.57. The summed E-state index contributed by atoms with van der Waals surface area (Å²) in [6, 6.07) is 0.305. The van der Waals surface area contributed by atoms with Gasteiger partial charge in [-0.3, -0.25) is 0 Å². The molecule has 0 aliphatic carbocycles. The molecule has 0 spiro atoms. The van der Waals surface area contributed by atoms with Gasteiger partial charge in [-0.1, -0.05) is 39.8 Å². The van der Waals surface area contributed by atoms with E-state index in [4.69, 9.17) is 9.26 Å².